The number of furan rings is 1. The van der Waals surface area contributed by atoms with Crippen LogP contribution >= 0.6 is 0 Å². The van der Waals surface area contributed by atoms with E-state index in [9.17, 15) is 22.8 Å². The molecule has 1 aliphatic rings. The Morgan fingerprint density at radius 2 is 1.81 bits per heavy atom. The number of rotatable bonds is 4. The summed E-state index contributed by atoms with van der Waals surface area (Å²) in [6.07, 6.45) is 2.55. The zero-order valence-electron chi connectivity index (χ0n) is 15.6. The highest BCUT2D eigenvalue weighted by Crippen LogP contribution is 2.40. The van der Waals surface area contributed by atoms with Gasteiger partial charge >= 0.3 is 5.63 Å². The quantitative estimate of drug-likeness (QED) is 0.366. The second kappa shape index (κ2) is 6.48. The average molecular weight is 441 g/mol. The molecule has 1 aromatic carbocycles. The van der Waals surface area contributed by atoms with Crippen LogP contribution in [0.25, 0.3) is 21.9 Å². The summed E-state index contributed by atoms with van der Waals surface area (Å²) in [5, 5.41) is 0.460. The van der Waals surface area contributed by atoms with Crippen molar-refractivity contribution in [2.45, 2.75) is 4.90 Å². The maximum absolute atomic E-state index is 13.4. The number of pyridine rings is 1. The molecule has 0 radical (unpaired) electrons. The zero-order chi connectivity index (χ0) is 21.9. The van der Waals surface area contributed by atoms with Crippen molar-refractivity contribution in [3.8, 4) is 5.75 Å². The molecule has 0 aliphatic carbocycles. The molecule has 0 bridgehead atoms. The number of nitrogens with one attached hydrogen (secondary N) is 1. The number of fused-ring (bicyclic) bond motifs is 3. The predicted octanol–water partition coefficient (Wildman–Crippen LogP) is 1.43. The monoisotopic (exact) mass is 441 g/mol. The zero-order valence-corrected chi connectivity index (χ0v) is 16.4. The molecule has 1 N–H and O–H groups in total. The highest BCUT2D eigenvalue weighted by atomic mass is 32.2. The Morgan fingerprint density at radius 3 is 2.55 bits per heavy atom. The van der Waals surface area contributed by atoms with Crippen molar-refractivity contribution < 1.29 is 31.6 Å². The first-order valence-electron chi connectivity index (χ1n) is 8.71. The van der Waals surface area contributed by atoms with E-state index in [1.807, 2.05) is 4.83 Å². The summed E-state index contributed by atoms with van der Waals surface area (Å²) >= 11 is 0. The van der Waals surface area contributed by atoms with Crippen molar-refractivity contribution >= 4 is 43.8 Å². The highest BCUT2D eigenvalue weighted by Gasteiger charge is 2.40. The fourth-order valence-electron chi connectivity index (χ4n) is 3.47. The Labute approximate surface area is 172 Å². The summed E-state index contributed by atoms with van der Waals surface area (Å²) in [5.74, 6) is -1.77. The van der Waals surface area contributed by atoms with Crippen molar-refractivity contribution in [3.63, 3.8) is 0 Å². The number of carbonyl (C=O) groups excluding carboxylic acids is 2. The molecular weight excluding hydrogens is 430 g/mol. The summed E-state index contributed by atoms with van der Waals surface area (Å²) in [4.78, 5) is 42.4. The highest BCUT2D eigenvalue weighted by molar-refractivity contribution is 7.90. The van der Waals surface area contributed by atoms with Gasteiger partial charge in [-0.3, -0.25) is 14.6 Å². The van der Waals surface area contributed by atoms with Crippen LogP contribution < -0.4 is 15.2 Å². The lowest BCUT2D eigenvalue weighted by Crippen LogP contribution is -2.45. The molecule has 12 heteroatoms. The first kappa shape index (κ1) is 19.0. The van der Waals surface area contributed by atoms with Gasteiger partial charge in [0.15, 0.2) is 11.2 Å². The van der Waals surface area contributed by atoms with Crippen molar-refractivity contribution in [1.29, 1.82) is 0 Å². The fraction of sp³-hybridized carbons (Fsp3) is 0.0526. The SMILES string of the molecule is COc1c2occc2c(S(=O)(=O)NN2C(=O)c3cccnc3C2=O)c2ccc(=O)oc12. The van der Waals surface area contributed by atoms with E-state index in [2.05, 4.69) is 4.98 Å². The number of hydrogen-bond donors (Lipinski definition) is 1. The number of ether oxygens (including phenoxy) is 1. The Balaban J connectivity index is 1.72. The van der Waals surface area contributed by atoms with Gasteiger partial charge in [0.25, 0.3) is 21.8 Å². The smallest absolute Gasteiger partial charge is 0.336 e. The third-order valence-corrected chi connectivity index (χ3v) is 6.13. The van der Waals surface area contributed by atoms with E-state index in [-0.39, 0.29) is 43.8 Å². The summed E-state index contributed by atoms with van der Waals surface area (Å²) in [6.45, 7) is 0. The number of benzene rings is 1. The minimum atomic E-state index is -4.56. The van der Waals surface area contributed by atoms with E-state index in [1.165, 1.54) is 43.8 Å². The molecule has 0 fully saturated rings. The molecule has 11 nitrogen and oxygen atoms in total. The maximum atomic E-state index is 13.4. The number of carbonyl (C=O) groups is 2. The van der Waals surface area contributed by atoms with Gasteiger partial charge in [-0.25, -0.2) is 13.2 Å². The second-order valence-corrected chi connectivity index (χ2v) is 8.06. The van der Waals surface area contributed by atoms with Crippen LogP contribution in [-0.2, 0) is 10.0 Å². The topological polar surface area (TPSA) is 149 Å². The van der Waals surface area contributed by atoms with E-state index in [4.69, 9.17) is 13.6 Å². The predicted molar refractivity (Wildman–Crippen MR) is 104 cm³/mol. The van der Waals surface area contributed by atoms with Crippen LogP contribution in [0, 0.1) is 0 Å². The van der Waals surface area contributed by atoms with Crippen LogP contribution in [0.4, 0.5) is 0 Å². The van der Waals surface area contributed by atoms with Crippen LogP contribution in [0.3, 0.4) is 0 Å². The van der Waals surface area contributed by atoms with Crippen molar-refractivity contribution in [1.82, 2.24) is 14.8 Å². The summed E-state index contributed by atoms with van der Waals surface area (Å²) in [5.41, 5.74) is -1.10. The largest absolute Gasteiger partial charge is 0.490 e. The average Bonchev–Trinajstić information content (AvgIpc) is 3.31. The molecule has 4 aromatic rings. The third kappa shape index (κ3) is 2.65. The standard InChI is InChI=1S/C19H11N3O8S/c1-28-16-14-11(6-8-29-14)17(10-4-5-12(23)30-15(10)16)31(26,27)21-22-18(24)9-3-2-7-20-13(9)19(22)25/h2-8,21H,1H3. The number of nitrogens with zero attached hydrogens (tertiary/aromatic N) is 2. The third-order valence-electron chi connectivity index (χ3n) is 4.73. The van der Waals surface area contributed by atoms with E-state index in [0.29, 0.717) is 5.01 Å². The van der Waals surface area contributed by atoms with Gasteiger partial charge in [0, 0.05) is 23.0 Å². The van der Waals surface area contributed by atoms with Crippen LogP contribution in [0.5, 0.6) is 5.75 Å². The van der Waals surface area contributed by atoms with Gasteiger partial charge in [0.1, 0.15) is 10.6 Å². The summed E-state index contributed by atoms with van der Waals surface area (Å²) in [7, 11) is -3.25. The number of methoxy groups -OCH3 is 1. The number of hydrogen-bond acceptors (Lipinski definition) is 9. The normalized spacial score (nSPS) is 13.9. The number of hydrazine groups is 1. The first-order valence-corrected chi connectivity index (χ1v) is 10.2. The molecule has 31 heavy (non-hydrogen) atoms. The summed E-state index contributed by atoms with van der Waals surface area (Å²) in [6, 6.07) is 6.48. The Kier molecular flexibility index (Phi) is 3.97. The van der Waals surface area contributed by atoms with Crippen LogP contribution in [0.15, 0.2) is 61.3 Å². The molecule has 1 aliphatic heterocycles. The Hall–Kier alpha value is -4.03. The van der Waals surface area contributed by atoms with Gasteiger partial charge in [0.05, 0.1) is 18.9 Å². The van der Waals surface area contributed by atoms with E-state index in [1.54, 1.807) is 0 Å². The second-order valence-electron chi connectivity index (χ2n) is 6.46. The minimum Gasteiger partial charge on any atom is -0.490 e. The van der Waals surface area contributed by atoms with Gasteiger partial charge < -0.3 is 13.6 Å². The Bertz CT molecular complexity index is 1550. The fourth-order valence-corrected chi connectivity index (χ4v) is 4.86. The minimum absolute atomic E-state index is 0.00687. The molecule has 4 heterocycles. The number of imide groups is 1. The van der Waals surface area contributed by atoms with Gasteiger partial charge in [-0.1, -0.05) is 0 Å². The van der Waals surface area contributed by atoms with Crippen LogP contribution in [0.1, 0.15) is 20.8 Å². The number of aromatic nitrogens is 1. The van der Waals surface area contributed by atoms with Crippen molar-refractivity contribution in [3.05, 3.63) is 64.5 Å². The molecule has 5 rings (SSSR count). The van der Waals surface area contributed by atoms with Crippen LogP contribution in [-0.4, -0.2) is 37.3 Å². The molecule has 3 aromatic heterocycles. The summed E-state index contributed by atoms with van der Waals surface area (Å²) < 4.78 is 42.5. The molecule has 0 unspecified atom stereocenters. The Morgan fingerprint density at radius 1 is 1.03 bits per heavy atom. The van der Waals surface area contributed by atoms with Crippen LogP contribution in [0.2, 0.25) is 0 Å². The van der Waals surface area contributed by atoms with Gasteiger partial charge in [-0.15, -0.1) is 4.83 Å². The molecule has 156 valence electrons. The molecule has 0 saturated carbocycles. The molecular formula is C19H11N3O8S. The van der Waals surface area contributed by atoms with E-state index >= 15 is 0 Å². The first-order chi connectivity index (χ1) is 14.8. The maximum Gasteiger partial charge on any atom is 0.336 e. The van der Waals surface area contributed by atoms with E-state index < -0.39 is 27.5 Å². The lowest BCUT2D eigenvalue weighted by atomic mass is 10.1. The molecule has 0 saturated heterocycles. The molecule has 0 atom stereocenters. The molecule has 2 amide bonds. The lowest BCUT2D eigenvalue weighted by Gasteiger charge is -2.17. The van der Waals surface area contributed by atoms with Gasteiger partial charge in [-0.05, 0) is 24.3 Å². The molecule has 0 spiro atoms. The van der Waals surface area contributed by atoms with E-state index in [0.717, 1.165) is 6.07 Å². The number of sulfonamides is 1. The lowest BCUT2D eigenvalue weighted by molar-refractivity contribution is 0.0616. The van der Waals surface area contributed by atoms with Crippen molar-refractivity contribution in [2.24, 2.45) is 0 Å². The number of amides is 2. The van der Waals surface area contributed by atoms with Crippen molar-refractivity contribution in [2.75, 3.05) is 7.11 Å². The van der Waals surface area contributed by atoms with Gasteiger partial charge in [0.2, 0.25) is 5.75 Å². The van der Waals surface area contributed by atoms with Gasteiger partial charge in [-0.2, -0.15) is 5.01 Å².